The molecule has 0 aromatic carbocycles. The first-order valence-corrected chi connectivity index (χ1v) is 16.5. The van der Waals surface area contributed by atoms with E-state index in [2.05, 4.69) is 62.8 Å². The first kappa shape index (κ1) is 39.0. The molecule has 5 aliphatic rings. The second-order valence-electron chi connectivity index (χ2n) is 11.9. The van der Waals surface area contributed by atoms with E-state index in [9.17, 15) is 41.0 Å². The van der Waals surface area contributed by atoms with Gasteiger partial charge in [0.15, 0.2) is 30.0 Å². The van der Waals surface area contributed by atoms with Crippen molar-refractivity contribution in [3.63, 3.8) is 0 Å². The molecule has 2 fully saturated rings. The van der Waals surface area contributed by atoms with Crippen molar-refractivity contribution in [1.29, 1.82) is 0 Å². The molecule has 17 nitrogen and oxygen atoms in total. The number of aliphatic hydroxyl groups excluding tert-OH is 1. The number of fused-ring (bicyclic) bond motifs is 4. The molecule has 26 heteroatoms. The lowest BCUT2D eigenvalue weighted by molar-refractivity contribution is -0.193. The van der Waals surface area contributed by atoms with Crippen LogP contribution in [0.3, 0.4) is 0 Å². The summed E-state index contributed by atoms with van der Waals surface area (Å²) >= 11 is 13.9. The Bertz CT molecular complexity index is 1830. The fourth-order valence-corrected chi connectivity index (χ4v) is 8.56. The number of guanidine groups is 2. The van der Waals surface area contributed by atoms with Crippen LogP contribution >= 0.6 is 43.5 Å². The van der Waals surface area contributed by atoms with Gasteiger partial charge in [0, 0.05) is 31.1 Å². The van der Waals surface area contributed by atoms with E-state index in [4.69, 9.17) is 42.9 Å². The molecule has 284 valence electrons. The third-order valence-corrected chi connectivity index (χ3v) is 11.6. The number of hydrogen-bond acceptors (Lipinski definition) is 11. The lowest BCUT2D eigenvalue weighted by atomic mass is 9.73. The van der Waals surface area contributed by atoms with E-state index >= 15 is 0 Å². The number of rotatable bonds is 3. The van der Waals surface area contributed by atoms with E-state index < -0.39 is 59.2 Å². The number of aliphatic imine (C=N–C) groups is 2. The molecule has 11 N–H and O–H groups in total. The molecule has 1 saturated heterocycles. The van der Waals surface area contributed by atoms with E-state index in [0.29, 0.717) is 27.0 Å². The van der Waals surface area contributed by atoms with Crippen molar-refractivity contribution < 1.29 is 60.8 Å². The van der Waals surface area contributed by atoms with Crippen LogP contribution in [-0.2, 0) is 9.59 Å². The van der Waals surface area contributed by atoms with Gasteiger partial charge in [0.2, 0.25) is 0 Å². The van der Waals surface area contributed by atoms with E-state index in [1.165, 1.54) is 0 Å². The SMILES string of the molecule is NC1=N[C@@H](O)[C@@]2(N1)[C@@H](Cl)[C@H](CNC(=O)c1cc(Br)c(Br)[nH]1)[C@H]1CN3C(=O)c4cccn4[C@@H]4N=C(N)N[C@@]43[C@@H]12.O=C(O)C(F)(F)F.O=C(O)C(F)(F)F. The molecule has 52 heavy (non-hydrogen) atoms. The Morgan fingerprint density at radius 2 is 1.63 bits per heavy atom. The van der Waals surface area contributed by atoms with Crippen LogP contribution in [0.15, 0.2) is 43.5 Å². The predicted molar refractivity (Wildman–Crippen MR) is 172 cm³/mol. The Morgan fingerprint density at radius 3 is 2.13 bits per heavy atom. The molecule has 6 heterocycles. The van der Waals surface area contributed by atoms with Crippen molar-refractivity contribution in [2.24, 2.45) is 39.2 Å². The highest BCUT2D eigenvalue weighted by molar-refractivity contribution is 9.13. The number of amides is 2. The van der Waals surface area contributed by atoms with Crippen molar-refractivity contribution in [3.05, 3.63) is 44.9 Å². The van der Waals surface area contributed by atoms with Crippen LogP contribution < -0.4 is 27.4 Å². The molecule has 1 saturated carbocycles. The average Bonchev–Trinajstić information content (AvgIpc) is 3.86. The summed E-state index contributed by atoms with van der Waals surface area (Å²) in [6.07, 6.45) is -10.3. The van der Waals surface area contributed by atoms with Crippen molar-refractivity contribution in [2.45, 2.75) is 41.3 Å². The summed E-state index contributed by atoms with van der Waals surface area (Å²) in [7, 11) is 0. The number of halogens is 9. The number of nitrogens with zero attached hydrogens (tertiary/aromatic N) is 4. The molecule has 2 aromatic heterocycles. The second kappa shape index (κ2) is 13.3. The highest BCUT2D eigenvalue weighted by atomic mass is 79.9. The van der Waals surface area contributed by atoms with Gasteiger partial charge < -0.3 is 57.2 Å². The zero-order valence-electron chi connectivity index (χ0n) is 25.5. The van der Waals surface area contributed by atoms with Gasteiger partial charge >= 0.3 is 24.3 Å². The summed E-state index contributed by atoms with van der Waals surface area (Å²) in [5.74, 6) is -6.96. The quantitative estimate of drug-likeness (QED) is 0.155. The van der Waals surface area contributed by atoms with Gasteiger partial charge in [-0.3, -0.25) is 9.59 Å². The van der Waals surface area contributed by atoms with Gasteiger partial charge in [-0.25, -0.2) is 19.6 Å². The number of nitrogens with one attached hydrogen (secondary N) is 4. The van der Waals surface area contributed by atoms with Crippen molar-refractivity contribution in [2.75, 3.05) is 13.1 Å². The molecule has 2 spiro atoms. The molecular formula is C26H25Br2ClF6N10O7. The van der Waals surface area contributed by atoms with E-state index in [1.807, 2.05) is 0 Å². The molecule has 0 unspecified atom stereocenters. The number of carboxylic acids is 2. The maximum Gasteiger partial charge on any atom is 0.490 e. The minimum atomic E-state index is -5.08. The predicted octanol–water partition coefficient (Wildman–Crippen LogP) is 1.06. The zero-order valence-corrected chi connectivity index (χ0v) is 29.4. The normalized spacial score (nSPS) is 31.0. The van der Waals surface area contributed by atoms with Gasteiger partial charge in [0.25, 0.3) is 11.8 Å². The van der Waals surface area contributed by atoms with Gasteiger partial charge in [0.05, 0.1) is 14.5 Å². The van der Waals surface area contributed by atoms with Crippen LogP contribution in [0.2, 0.25) is 0 Å². The Balaban J connectivity index is 0.000000318. The number of alkyl halides is 7. The Labute approximate surface area is 308 Å². The van der Waals surface area contributed by atoms with E-state index in [0.717, 1.165) is 0 Å². The number of carboxylic acid groups (broad SMARTS) is 2. The fraction of sp³-hybridized carbons (Fsp3) is 0.462. The highest BCUT2D eigenvalue weighted by Crippen LogP contribution is 2.63. The molecule has 2 amide bonds. The van der Waals surface area contributed by atoms with Crippen molar-refractivity contribution in [3.8, 4) is 0 Å². The molecule has 1 aliphatic carbocycles. The minimum Gasteiger partial charge on any atom is -0.475 e. The number of aromatic amines is 1. The lowest BCUT2D eigenvalue weighted by Gasteiger charge is -2.51. The van der Waals surface area contributed by atoms with Crippen molar-refractivity contribution >= 4 is 79.1 Å². The molecule has 0 radical (unpaired) electrons. The molecule has 4 aliphatic heterocycles. The standard InChI is InChI=1S/C22H23Br2ClN10O3.2C2HF3O2/c23-9-4-10(29-14(9)24)15(36)28-5-7-8-6-35-16(37)11-2-1-3-34(11)17-22(35,33-19(26)30-17)12(8)21(13(7)25)18(38)31-20(27)32-21;2*3-2(4,5)1(6)7/h1-4,7-8,12-13,17-18,29,38H,5-6H2,(H,28,36)(H3,26,30,33)(H3,27,31,32);2*(H,6,7)/t7-,8-,12+,13+,17+,18+,21+,22-;;/m1../s1. The fourth-order valence-electron chi connectivity index (χ4n) is 7.33. The average molecular weight is 899 g/mol. The highest BCUT2D eigenvalue weighted by Gasteiger charge is 2.79. The number of H-pyrrole nitrogens is 1. The maximum absolute atomic E-state index is 13.8. The van der Waals surface area contributed by atoms with Crippen LogP contribution in [0.1, 0.15) is 27.1 Å². The zero-order chi connectivity index (χ0) is 38.9. The topological polar surface area (TPSA) is 266 Å². The van der Waals surface area contributed by atoms with Gasteiger partial charge in [-0.05, 0) is 56.0 Å². The van der Waals surface area contributed by atoms with Crippen LogP contribution in [0.25, 0.3) is 0 Å². The Hall–Kier alpha value is -4.23. The molecular weight excluding hydrogens is 874 g/mol. The number of aliphatic hydroxyl groups is 1. The third kappa shape index (κ3) is 6.29. The smallest absolute Gasteiger partial charge is 0.475 e. The summed E-state index contributed by atoms with van der Waals surface area (Å²) in [6, 6.07) is 5.21. The van der Waals surface area contributed by atoms with Crippen LogP contribution in [-0.4, -0.2) is 114 Å². The maximum atomic E-state index is 13.8. The second-order valence-corrected chi connectivity index (χ2v) is 14.0. The van der Waals surface area contributed by atoms with Gasteiger partial charge in [0.1, 0.15) is 16.9 Å². The lowest BCUT2D eigenvalue weighted by Crippen LogP contribution is -2.74. The van der Waals surface area contributed by atoms with E-state index in [-0.39, 0.29) is 42.1 Å². The molecule has 0 bridgehead atoms. The third-order valence-electron chi connectivity index (χ3n) is 9.12. The minimum absolute atomic E-state index is 0.0507. The summed E-state index contributed by atoms with van der Waals surface area (Å²) in [6.45, 7) is 0.490. The number of hydrogen-bond donors (Lipinski definition) is 9. The van der Waals surface area contributed by atoms with Crippen LogP contribution in [0.5, 0.6) is 0 Å². The van der Waals surface area contributed by atoms with E-state index in [1.54, 1.807) is 33.9 Å². The summed E-state index contributed by atoms with van der Waals surface area (Å²) in [5.41, 5.74) is 10.8. The molecule has 8 atom stereocenters. The summed E-state index contributed by atoms with van der Waals surface area (Å²) in [4.78, 5) is 58.1. The van der Waals surface area contributed by atoms with Crippen LogP contribution in [0, 0.1) is 17.8 Å². The summed E-state index contributed by atoms with van der Waals surface area (Å²) in [5, 5.41) is 34.3. The number of nitrogens with two attached hydrogens (primary N) is 2. The van der Waals surface area contributed by atoms with Crippen molar-refractivity contribution in [1.82, 2.24) is 30.4 Å². The Morgan fingerprint density at radius 1 is 1.06 bits per heavy atom. The first-order valence-electron chi connectivity index (χ1n) is 14.4. The number of carbonyl (C=O) groups is 4. The first-order chi connectivity index (χ1) is 24.0. The van der Waals surface area contributed by atoms with Gasteiger partial charge in [-0.15, -0.1) is 11.6 Å². The molecule has 7 rings (SSSR count). The van der Waals surface area contributed by atoms with Gasteiger partial charge in [-0.2, -0.15) is 26.3 Å². The summed E-state index contributed by atoms with van der Waals surface area (Å²) < 4.78 is 66.6. The number of aromatic nitrogens is 2. The van der Waals surface area contributed by atoms with Crippen LogP contribution in [0.4, 0.5) is 26.3 Å². The van der Waals surface area contributed by atoms with Gasteiger partial charge in [-0.1, -0.05) is 0 Å². The Kier molecular flexibility index (Phi) is 9.99. The number of carbonyl (C=O) groups excluding carboxylic acids is 2. The number of aliphatic carboxylic acids is 2. The molecule has 2 aromatic rings. The monoisotopic (exact) mass is 896 g/mol. The largest absolute Gasteiger partial charge is 0.490 e.